The Hall–Kier alpha value is -0.610. The van der Waals surface area contributed by atoms with Crippen LogP contribution in [-0.4, -0.2) is 50.7 Å². The maximum atomic E-state index is 11.5. The number of hydrogen-bond acceptors (Lipinski definition) is 4. The van der Waals surface area contributed by atoms with Crippen molar-refractivity contribution in [3.05, 3.63) is 0 Å². The van der Waals surface area contributed by atoms with Crippen molar-refractivity contribution in [1.29, 1.82) is 0 Å². The van der Waals surface area contributed by atoms with E-state index in [1.165, 1.54) is 32.8 Å². The second-order valence-corrected chi connectivity index (χ2v) is 5.23. The van der Waals surface area contributed by atoms with Gasteiger partial charge in [0.15, 0.2) is 0 Å². The fraction of sp³-hybridized carbons (Fsp3) is 0.923. The van der Waals surface area contributed by atoms with Crippen LogP contribution in [0.1, 0.15) is 32.6 Å². The van der Waals surface area contributed by atoms with Crippen LogP contribution in [-0.2, 0) is 9.53 Å². The van der Waals surface area contributed by atoms with E-state index in [2.05, 4.69) is 24.2 Å². The zero-order chi connectivity index (χ0) is 12.8. The molecule has 4 heteroatoms. The van der Waals surface area contributed by atoms with E-state index in [0.717, 1.165) is 12.5 Å². The highest BCUT2D eigenvalue weighted by Crippen LogP contribution is 2.26. The zero-order valence-electron chi connectivity index (χ0n) is 11.5. The Kier molecular flexibility index (Phi) is 5.92. The lowest BCUT2D eigenvalue weighted by Gasteiger charge is -2.35. The summed E-state index contributed by atoms with van der Waals surface area (Å²) in [6, 6.07) is 0.390. The SMILES string of the molecule is CNC(CN(C)C1CCCC(C)C1)C(=O)OC. The highest BCUT2D eigenvalue weighted by atomic mass is 16.5. The molecule has 100 valence electrons. The molecule has 0 aromatic rings. The lowest BCUT2D eigenvalue weighted by Crippen LogP contribution is -2.48. The Labute approximate surface area is 105 Å². The number of esters is 1. The molecular weight excluding hydrogens is 216 g/mol. The minimum atomic E-state index is -0.220. The van der Waals surface area contributed by atoms with E-state index in [1.807, 2.05) is 0 Å². The first-order valence-corrected chi connectivity index (χ1v) is 6.53. The smallest absolute Gasteiger partial charge is 0.324 e. The van der Waals surface area contributed by atoms with Crippen LogP contribution in [0.5, 0.6) is 0 Å². The standard InChI is InChI=1S/C13H26N2O2/c1-10-6-5-7-11(8-10)15(3)9-12(14-2)13(16)17-4/h10-12,14H,5-9H2,1-4H3. The molecule has 1 fully saturated rings. The molecule has 0 heterocycles. The van der Waals surface area contributed by atoms with Gasteiger partial charge in [0.25, 0.3) is 0 Å². The van der Waals surface area contributed by atoms with Crippen molar-refractivity contribution in [2.24, 2.45) is 5.92 Å². The van der Waals surface area contributed by atoms with Gasteiger partial charge in [0.1, 0.15) is 6.04 Å². The van der Waals surface area contributed by atoms with E-state index in [-0.39, 0.29) is 12.0 Å². The molecule has 17 heavy (non-hydrogen) atoms. The number of rotatable bonds is 5. The minimum Gasteiger partial charge on any atom is -0.468 e. The van der Waals surface area contributed by atoms with Crippen LogP contribution >= 0.6 is 0 Å². The van der Waals surface area contributed by atoms with E-state index < -0.39 is 0 Å². The molecule has 0 spiro atoms. The van der Waals surface area contributed by atoms with E-state index in [1.54, 1.807) is 7.05 Å². The molecule has 4 nitrogen and oxygen atoms in total. The maximum absolute atomic E-state index is 11.5. The molecule has 0 saturated heterocycles. The molecule has 3 atom stereocenters. The second-order valence-electron chi connectivity index (χ2n) is 5.23. The van der Waals surface area contributed by atoms with Crippen molar-refractivity contribution in [1.82, 2.24) is 10.2 Å². The van der Waals surface area contributed by atoms with Crippen LogP contribution in [0.3, 0.4) is 0 Å². The molecule has 0 radical (unpaired) electrons. The van der Waals surface area contributed by atoms with Crippen LogP contribution in [0, 0.1) is 5.92 Å². The zero-order valence-corrected chi connectivity index (χ0v) is 11.5. The molecule has 0 aromatic heterocycles. The first kappa shape index (κ1) is 14.5. The Balaban J connectivity index is 2.45. The monoisotopic (exact) mass is 242 g/mol. The van der Waals surface area contributed by atoms with Gasteiger partial charge in [-0.25, -0.2) is 0 Å². The van der Waals surface area contributed by atoms with E-state index in [4.69, 9.17) is 4.74 Å². The lowest BCUT2D eigenvalue weighted by atomic mass is 9.86. The molecule has 3 unspecified atom stereocenters. The molecule has 0 aliphatic heterocycles. The maximum Gasteiger partial charge on any atom is 0.324 e. The predicted molar refractivity (Wildman–Crippen MR) is 68.9 cm³/mol. The van der Waals surface area contributed by atoms with Gasteiger partial charge < -0.3 is 15.0 Å². The Morgan fingerprint density at radius 1 is 1.53 bits per heavy atom. The van der Waals surface area contributed by atoms with Gasteiger partial charge in [0.2, 0.25) is 0 Å². The molecule has 0 aromatic carbocycles. The van der Waals surface area contributed by atoms with E-state index in [0.29, 0.717) is 6.04 Å². The molecule has 1 rings (SSSR count). The van der Waals surface area contributed by atoms with Crippen LogP contribution in [0.2, 0.25) is 0 Å². The van der Waals surface area contributed by atoms with Crippen LogP contribution in [0.4, 0.5) is 0 Å². The molecule has 1 saturated carbocycles. The predicted octanol–water partition coefficient (Wildman–Crippen LogP) is 1.26. The number of nitrogens with zero attached hydrogens (tertiary/aromatic N) is 1. The van der Waals surface area contributed by atoms with Gasteiger partial charge in [-0.2, -0.15) is 0 Å². The highest BCUT2D eigenvalue weighted by Gasteiger charge is 2.26. The van der Waals surface area contributed by atoms with Crippen LogP contribution in [0.25, 0.3) is 0 Å². The van der Waals surface area contributed by atoms with Crippen molar-refractivity contribution in [3.8, 4) is 0 Å². The van der Waals surface area contributed by atoms with Crippen molar-refractivity contribution in [2.75, 3.05) is 27.7 Å². The van der Waals surface area contributed by atoms with Crippen molar-refractivity contribution < 1.29 is 9.53 Å². The number of carbonyl (C=O) groups excluding carboxylic acids is 1. The summed E-state index contributed by atoms with van der Waals surface area (Å²) < 4.78 is 4.78. The summed E-state index contributed by atoms with van der Waals surface area (Å²) in [6.45, 7) is 3.04. The van der Waals surface area contributed by atoms with Gasteiger partial charge in [-0.1, -0.05) is 19.8 Å². The van der Waals surface area contributed by atoms with Gasteiger partial charge in [-0.15, -0.1) is 0 Å². The number of hydrogen-bond donors (Lipinski definition) is 1. The Morgan fingerprint density at radius 2 is 2.24 bits per heavy atom. The van der Waals surface area contributed by atoms with Gasteiger partial charge in [0, 0.05) is 12.6 Å². The molecule has 1 aliphatic rings. The van der Waals surface area contributed by atoms with E-state index >= 15 is 0 Å². The minimum absolute atomic E-state index is 0.178. The summed E-state index contributed by atoms with van der Waals surface area (Å²) in [6.07, 6.45) is 5.14. The molecule has 1 aliphatic carbocycles. The Morgan fingerprint density at radius 3 is 2.76 bits per heavy atom. The van der Waals surface area contributed by atoms with Gasteiger partial charge >= 0.3 is 5.97 Å². The third-order valence-electron chi connectivity index (χ3n) is 3.84. The number of nitrogens with one attached hydrogen (secondary N) is 1. The topological polar surface area (TPSA) is 41.6 Å². The largest absolute Gasteiger partial charge is 0.468 e. The molecule has 1 N–H and O–H groups in total. The summed E-state index contributed by atoms with van der Waals surface area (Å²) in [5.41, 5.74) is 0. The first-order valence-electron chi connectivity index (χ1n) is 6.53. The quantitative estimate of drug-likeness (QED) is 0.737. The number of carbonyl (C=O) groups is 1. The summed E-state index contributed by atoms with van der Waals surface area (Å²) in [5, 5.41) is 3.02. The van der Waals surface area contributed by atoms with Gasteiger partial charge in [-0.05, 0) is 32.9 Å². The van der Waals surface area contributed by atoms with Gasteiger partial charge in [-0.3, -0.25) is 4.79 Å². The fourth-order valence-electron chi connectivity index (χ4n) is 2.67. The number of ether oxygens (including phenoxy) is 1. The van der Waals surface area contributed by atoms with Crippen LogP contribution < -0.4 is 5.32 Å². The third-order valence-corrected chi connectivity index (χ3v) is 3.84. The second kappa shape index (κ2) is 6.97. The Bertz CT molecular complexity index is 246. The normalized spacial score (nSPS) is 26.9. The number of methoxy groups -OCH3 is 1. The van der Waals surface area contributed by atoms with Crippen molar-refractivity contribution in [3.63, 3.8) is 0 Å². The lowest BCUT2D eigenvalue weighted by molar-refractivity contribution is -0.143. The fourth-order valence-corrected chi connectivity index (χ4v) is 2.67. The van der Waals surface area contributed by atoms with Crippen molar-refractivity contribution in [2.45, 2.75) is 44.7 Å². The van der Waals surface area contributed by atoms with E-state index in [9.17, 15) is 4.79 Å². The van der Waals surface area contributed by atoms with Crippen molar-refractivity contribution >= 4 is 5.97 Å². The third kappa shape index (κ3) is 4.28. The molecule has 0 amide bonds. The molecular formula is C13H26N2O2. The summed E-state index contributed by atoms with van der Waals surface area (Å²) in [5.74, 6) is 0.630. The van der Waals surface area contributed by atoms with Gasteiger partial charge in [0.05, 0.1) is 7.11 Å². The average Bonchev–Trinajstić information content (AvgIpc) is 2.34. The summed E-state index contributed by atoms with van der Waals surface area (Å²) in [7, 11) is 5.35. The van der Waals surface area contributed by atoms with Crippen LogP contribution in [0.15, 0.2) is 0 Å². The summed E-state index contributed by atoms with van der Waals surface area (Å²) in [4.78, 5) is 13.8. The highest BCUT2D eigenvalue weighted by molar-refractivity contribution is 5.75. The summed E-state index contributed by atoms with van der Waals surface area (Å²) >= 11 is 0. The number of likely N-dealkylation sites (N-methyl/N-ethyl adjacent to an activating group) is 2. The first-order chi connectivity index (χ1) is 8.08. The average molecular weight is 242 g/mol. The molecule has 0 bridgehead atoms.